The number of aromatic nitrogens is 6. The van der Waals surface area contributed by atoms with Crippen LogP contribution < -0.4 is 11.2 Å². The predicted octanol–water partition coefficient (Wildman–Crippen LogP) is 1.86. The van der Waals surface area contributed by atoms with Crippen LogP contribution in [0, 0.1) is 6.92 Å². The number of nitrogens with one attached hydrogen (secondary N) is 1. The van der Waals surface area contributed by atoms with Gasteiger partial charge in [-0.05, 0) is 27.2 Å². The molecule has 0 radical (unpaired) electrons. The van der Waals surface area contributed by atoms with Crippen LogP contribution in [0.2, 0.25) is 0 Å². The van der Waals surface area contributed by atoms with Crippen LogP contribution in [0.15, 0.2) is 22.0 Å². The Morgan fingerprint density at radius 2 is 2.00 bits per heavy atom. The number of hydrogen-bond donors (Lipinski definition) is 1. The lowest BCUT2D eigenvalue weighted by Crippen LogP contribution is -2.30. The Morgan fingerprint density at radius 1 is 1.19 bits per heavy atom. The van der Waals surface area contributed by atoms with Gasteiger partial charge in [0.1, 0.15) is 5.82 Å². The summed E-state index contributed by atoms with van der Waals surface area (Å²) in [5.41, 5.74) is 0.521. The molecule has 0 amide bonds. The molecule has 10 nitrogen and oxygen atoms in total. The number of esters is 1. The molecule has 11 heteroatoms. The number of carbonyl (C=O) groups excluding carboxylic acids is 1. The zero-order chi connectivity index (χ0) is 22.1. The fraction of sp³-hybridized carbons (Fsp3) is 0.450. The van der Waals surface area contributed by atoms with Crippen molar-refractivity contribution in [2.45, 2.75) is 53.1 Å². The average molecular weight is 445 g/mol. The van der Waals surface area contributed by atoms with Crippen LogP contribution in [0.1, 0.15) is 43.1 Å². The smallest absolute Gasteiger partial charge is 0.330 e. The molecule has 0 aliphatic carbocycles. The van der Waals surface area contributed by atoms with Gasteiger partial charge in [0.2, 0.25) is 0 Å². The second kappa shape index (κ2) is 8.50. The summed E-state index contributed by atoms with van der Waals surface area (Å²) in [6.07, 6.45) is 5.08. The van der Waals surface area contributed by atoms with Crippen molar-refractivity contribution in [3.8, 4) is 0 Å². The van der Waals surface area contributed by atoms with Gasteiger partial charge in [-0.3, -0.25) is 23.5 Å². The highest BCUT2D eigenvalue weighted by Gasteiger charge is 2.19. The van der Waals surface area contributed by atoms with E-state index in [9.17, 15) is 14.4 Å². The largest absolute Gasteiger partial charge is 0.466 e. The van der Waals surface area contributed by atoms with Crippen molar-refractivity contribution in [1.82, 2.24) is 28.5 Å². The molecule has 31 heavy (non-hydrogen) atoms. The van der Waals surface area contributed by atoms with Gasteiger partial charge < -0.3 is 9.30 Å². The third kappa shape index (κ3) is 4.05. The fourth-order valence-electron chi connectivity index (χ4n) is 3.71. The SMILES string of the molecule is CCOC(=O)CCCn1c(Cc2cn3cc(C)sc3n2)nc2c1c(=O)[nH]c(=O)n2CC. The standard InChI is InChI=1S/C20H24N6O4S/c1-4-25-17-16(18(28)23-19(25)29)26(8-6-7-15(27)30-5-2)14(22-17)9-13-11-24-10-12(3)31-20(24)21-13/h10-11H,4-9H2,1-3H3,(H,23,28,29). The number of aromatic amines is 1. The quantitative estimate of drug-likeness (QED) is 0.415. The molecule has 4 aromatic heterocycles. The minimum atomic E-state index is -0.485. The summed E-state index contributed by atoms with van der Waals surface area (Å²) in [5.74, 6) is 0.345. The maximum Gasteiger partial charge on any atom is 0.330 e. The first-order valence-corrected chi connectivity index (χ1v) is 11.0. The van der Waals surface area contributed by atoms with Crippen molar-refractivity contribution in [2.24, 2.45) is 0 Å². The molecule has 0 aromatic carbocycles. The van der Waals surface area contributed by atoms with E-state index in [0.717, 1.165) is 10.7 Å². The summed E-state index contributed by atoms with van der Waals surface area (Å²) in [5, 5.41) is 0. The number of nitrogens with zero attached hydrogens (tertiary/aromatic N) is 5. The van der Waals surface area contributed by atoms with Gasteiger partial charge in [-0.1, -0.05) is 0 Å². The van der Waals surface area contributed by atoms with Gasteiger partial charge in [-0.15, -0.1) is 11.3 Å². The molecule has 164 valence electrons. The van der Waals surface area contributed by atoms with Crippen molar-refractivity contribution in [1.29, 1.82) is 0 Å². The van der Waals surface area contributed by atoms with Crippen LogP contribution in [0.4, 0.5) is 0 Å². The third-order valence-electron chi connectivity index (χ3n) is 5.01. The monoisotopic (exact) mass is 444 g/mol. The second-order valence-corrected chi connectivity index (χ2v) is 8.42. The van der Waals surface area contributed by atoms with Crippen LogP contribution in [0.5, 0.6) is 0 Å². The molecule has 0 atom stereocenters. The first-order chi connectivity index (χ1) is 14.9. The van der Waals surface area contributed by atoms with E-state index in [1.165, 1.54) is 9.44 Å². The van der Waals surface area contributed by atoms with Crippen molar-refractivity contribution in [3.63, 3.8) is 0 Å². The van der Waals surface area contributed by atoms with Gasteiger partial charge in [-0.2, -0.15) is 0 Å². The minimum Gasteiger partial charge on any atom is -0.466 e. The Balaban J connectivity index is 1.75. The Morgan fingerprint density at radius 3 is 2.71 bits per heavy atom. The molecular formula is C20H24N6O4S. The van der Waals surface area contributed by atoms with E-state index in [0.29, 0.717) is 49.5 Å². The molecule has 1 N–H and O–H groups in total. The molecule has 0 aliphatic heterocycles. The van der Waals surface area contributed by atoms with E-state index in [1.54, 1.807) is 22.8 Å². The average Bonchev–Trinajstić information content (AvgIpc) is 3.34. The van der Waals surface area contributed by atoms with Gasteiger partial charge >= 0.3 is 11.7 Å². The number of H-pyrrole nitrogens is 1. The summed E-state index contributed by atoms with van der Waals surface area (Å²) in [6, 6.07) is 0. The number of aryl methyl sites for hydroxylation is 3. The van der Waals surface area contributed by atoms with Gasteiger partial charge in [-0.25, -0.2) is 14.8 Å². The van der Waals surface area contributed by atoms with E-state index in [4.69, 9.17) is 4.74 Å². The molecule has 0 fully saturated rings. The Labute approximate surface area is 181 Å². The van der Waals surface area contributed by atoms with Crippen molar-refractivity contribution in [2.75, 3.05) is 6.61 Å². The van der Waals surface area contributed by atoms with Crippen LogP contribution >= 0.6 is 11.3 Å². The normalized spacial score (nSPS) is 11.6. The minimum absolute atomic E-state index is 0.234. The van der Waals surface area contributed by atoms with E-state index in [-0.39, 0.29) is 12.4 Å². The number of hydrogen-bond acceptors (Lipinski definition) is 7. The molecule has 0 unspecified atom stereocenters. The first-order valence-electron chi connectivity index (χ1n) is 10.2. The summed E-state index contributed by atoms with van der Waals surface area (Å²) < 4.78 is 10.2. The molecule has 0 saturated heterocycles. The van der Waals surface area contributed by atoms with Crippen molar-refractivity contribution >= 4 is 33.4 Å². The zero-order valence-corrected chi connectivity index (χ0v) is 18.5. The van der Waals surface area contributed by atoms with Gasteiger partial charge in [0.05, 0.1) is 12.3 Å². The zero-order valence-electron chi connectivity index (χ0n) is 17.7. The first kappa shape index (κ1) is 21.0. The molecule has 4 rings (SSSR count). The number of fused-ring (bicyclic) bond motifs is 2. The van der Waals surface area contributed by atoms with E-state index in [1.807, 2.05) is 30.6 Å². The lowest BCUT2D eigenvalue weighted by molar-refractivity contribution is -0.143. The Hall–Kier alpha value is -3.21. The molecule has 0 saturated carbocycles. The summed E-state index contributed by atoms with van der Waals surface area (Å²) >= 11 is 1.60. The Kier molecular flexibility index (Phi) is 5.77. The molecule has 0 aliphatic rings. The van der Waals surface area contributed by atoms with Gasteiger partial charge in [0.15, 0.2) is 16.1 Å². The number of carbonyl (C=O) groups is 1. The molecule has 4 heterocycles. The highest BCUT2D eigenvalue weighted by molar-refractivity contribution is 7.16. The topological polar surface area (TPSA) is 116 Å². The van der Waals surface area contributed by atoms with Crippen LogP contribution in [0.25, 0.3) is 16.1 Å². The number of rotatable bonds is 8. The van der Waals surface area contributed by atoms with Crippen molar-refractivity contribution in [3.05, 3.63) is 49.6 Å². The van der Waals surface area contributed by atoms with Gasteiger partial charge in [0.25, 0.3) is 5.56 Å². The van der Waals surface area contributed by atoms with Gasteiger partial charge in [0, 0.05) is 43.2 Å². The summed E-state index contributed by atoms with van der Waals surface area (Å²) in [7, 11) is 0. The molecule has 4 aromatic rings. The lowest BCUT2D eigenvalue weighted by Gasteiger charge is -2.08. The maximum absolute atomic E-state index is 12.7. The summed E-state index contributed by atoms with van der Waals surface area (Å²) in [6.45, 7) is 6.72. The third-order valence-corrected chi connectivity index (χ3v) is 5.92. The highest BCUT2D eigenvalue weighted by Crippen LogP contribution is 2.20. The van der Waals surface area contributed by atoms with Crippen LogP contribution in [0.3, 0.4) is 0 Å². The van der Waals surface area contributed by atoms with Crippen LogP contribution in [-0.2, 0) is 29.0 Å². The summed E-state index contributed by atoms with van der Waals surface area (Å²) in [4.78, 5) is 50.4. The predicted molar refractivity (Wildman–Crippen MR) is 117 cm³/mol. The lowest BCUT2D eigenvalue weighted by atomic mass is 10.2. The second-order valence-electron chi connectivity index (χ2n) is 7.20. The molecular weight excluding hydrogens is 420 g/mol. The highest BCUT2D eigenvalue weighted by atomic mass is 32.1. The molecule has 0 spiro atoms. The van der Waals surface area contributed by atoms with E-state index >= 15 is 0 Å². The fourth-order valence-corrected chi connectivity index (χ4v) is 4.54. The van der Waals surface area contributed by atoms with Crippen molar-refractivity contribution < 1.29 is 9.53 Å². The number of thiazole rings is 1. The Bertz CT molecular complexity index is 1340. The van der Waals surface area contributed by atoms with E-state index < -0.39 is 11.2 Å². The van der Waals surface area contributed by atoms with E-state index in [2.05, 4.69) is 15.0 Å². The number of ether oxygens (including phenoxy) is 1. The molecule has 0 bridgehead atoms. The maximum atomic E-state index is 12.7. The number of imidazole rings is 2. The van der Waals surface area contributed by atoms with Crippen LogP contribution in [-0.4, -0.2) is 41.1 Å².